The zero-order chi connectivity index (χ0) is 10.9. The highest BCUT2D eigenvalue weighted by atomic mass is 16.5. The predicted octanol–water partition coefficient (Wildman–Crippen LogP) is 2.23. The molecule has 0 saturated heterocycles. The van der Waals surface area contributed by atoms with Gasteiger partial charge in [0.2, 0.25) is 0 Å². The van der Waals surface area contributed by atoms with E-state index in [9.17, 15) is 5.11 Å². The molecular formula is C13H16O2. The Morgan fingerprint density at radius 3 is 2.67 bits per heavy atom. The second-order valence-corrected chi connectivity index (χ2v) is 3.35. The van der Waals surface area contributed by atoms with Crippen molar-refractivity contribution < 1.29 is 9.84 Å². The van der Waals surface area contributed by atoms with Crippen LogP contribution in [0.1, 0.15) is 19.3 Å². The normalized spacial score (nSPS) is 11.7. The lowest BCUT2D eigenvalue weighted by atomic mass is 10.1. The van der Waals surface area contributed by atoms with Gasteiger partial charge in [-0.15, -0.1) is 12.3 Å². The Kier molecular flexibility index (Phi) is 5.35. The summed E-state index contributed by atoms with van der Waals surface area (Å²) in [5.74, 6) is 3.34. The molecule has 0 bridgehead atoms. The first-order valence-corrected chi connectivity index (χ1v) is 5.12. The summed E-state index contributed by atoms with van der Waals surface area (Å²) in [5.41, 5.74) is 0. The molecule has 0 aliphatic rings. The number of para-hydroxylation sites is 1. The fourth-order valence-electron chi connectivity index (χ4n) is 1.22. The molecule has 1 rings (SSSR count). The van der Waals surface area contributed by atoms with Crippen LogP contribution in [-0.2, 0) is 0 Å². The molecule has 0 amide bonds. The number of benzene rings is 1. The van der Waals surface area contributed by atoms with Gasteiger partial charge in [-0.2, -0.15) is 0 Å². The van der Waals surface area contributed by atoms with Crippen LogP contribution in [0.25, 0.3) is 0 Å². The second-order valence-electron chi connectivity index (χ2n) is 3.35. The van der Waals surface area contributed by atoms with Crippen molar-refractivity contribution >= 4 is 0 Å². The van der Waals surface area contributed by atoms with E-state index in [0.29, 0.717) is 25.9 Å². The largest absolute Gasteiger partial charge is 0.493 e. The maximum Gasteiger partial charge on any atom is 0.119 e. The number of aliphatic hydroxyl groups excluding tert-OH is 1. The molecule has 2 heteroatoms. The lowest BCUT2D eigenvalue weighted by Gasteiger charge is -2.09. The predicted molar refractivity (Wildman–Crippen MR) is 60.6 cm³/mol. The molecule has 1 N–H and O–H groups in total. The van der Waals surface area contributed by atoms with Crippen molar-refractivity contribution in [2.75, 3.05) is 6.61 Å². The van der Waals surface area contributed by atoms with E-state index in [4.69, 9.17) is 11.2 Å². The smallest absolute Gasteiger partial charge is 0.119 e. The van der Waals surface area contributed by atoms with Crippen molar-refractivity contribution in [3.63, 3.8) is 0 Å². The first-order valence-electron chi connectivity index (χ1n) is 5.12. The summed E-state index contributed by atoms with van der Waals surface area (Å²) in [6, 6.07) is 9.57. The van der Waals surface area contributed by atoms with Gasteiger partial charge in [-0.05, 0) is 18.6 Å². The first kappa shape index (κ1) is 11.6. The third-order valence-corrected chi connectivity index (χ3v) is 2.08. The third kappa shape index (κ3) is 5.09. The van der Waals surface area contributed by atoms with Gasteiger partial charge in [-0.25, -0.2) is 0 Å². The topological polar surface area (TPSA) is 29.5 Å². The van der Waals surface area contributed by atoms with Crippen LogP contribution in [-0.4, -0.2) is 17.8 Å². The van der Waals surface area contributed by atoms with Crippen LogP contribution < -0.4 is 4.74 Å². The van der Waals surface area contributed by atoms with E-state index in [0.717, 1.165) is 5.75 Å². The van der Waals surface area contributed by atoms with Crippen LogP contribution in [0.3, 0.4) is 0 Å². The summed E-state index contributed by atoms with van der Waals surface area (Å²) < 4.78 is 5.44. The number of hydrogen-bond acceptors (Lipinski definition) is 2. The summed E-state index contributed by atoms with van der Waals surface area (Å²) in [4.78, 5) is 0. The molecule has 2 nitrogen and oxygen atoms in total. The van der Waals surface area contributed by atoms with E-state index < -0.39 is 0 Å². The maximum absolute atomic E-state index is 9.48. The highest BCUT2D eigenvalue weighted by Gasteiger charge is 2.02. The molecule has 0 heterocycles. The Bertz CT molecular complexity index is 300. The third-order valence-electron chi connectivity index (χ3n) is 2.08. The molecule has 0 aliphatic heterocycles. The van der Waals surface area contributed by atoms with Crippen LogP contribution in [0, 0.1) is 12.3 Å². The van der Waals surface area contributed by atoms with Crippen molar-refractivity contribution in [2.45, 2.75) is 25.4 Å². The van der Waals surface area contributed by atoms with Gasteiger partial charge in [-0.1, -0.05) is 18.2 Å². The fourth-order valence-corrected chi connectivity index (χ4v) is 1.22. The molecule has 0 aliphatic carbocycles. The van der Waals surface area contributed by atoms with Gasteiger partial charge in [0.05, 0.1) is 12.7 Å². The van der Waals surface area contributed by atoms with Crippen molar-refractivity contribution in [3.05, 3.63) is 30.3 Å². The Morgan fingerprint density at radius 2 is 2.00 bits per heavy atom. The SMILES string of the molecule is C#CCCC(O)CCOc1ccccc1. The van der Waals surface area contributed by atoms with Gasteiger partial charge in [0.15, 0.2) is 0 Å². The van der Waals surface area contributed by atoms with E-state index in [1.54, 1.807) is 0 Å². The Hall–Kier alpha value is -1.46. The highest BCUT2D eigenvalue weighted by Crippen LogP contribution is 2.09. The molecule has 15 heavy (non-hydrogen) atoms. The number of aliphatic hydroxyl groups is 1. The van der Waals surface area contributed by atoms with Crippen LogP contribution in [0.2, 0.25) is 0 Å². The lowest BCUT2D eigenvalue weighted by molar-refractivity contribution is 0.132. The Morgan fingerprint density at radius 1 is 1.27 bits per heavy atom. The monoisotopic (exact) mass is 204 g/mol. The maximum atomic E-state index is 9.48. The molecule has 1 aromatic rings. The molecule has 0 spiro atoms. The zero-order valence-electron chi connectivity index (χ0n) is 8.73. The number of terminal acetylenes is 1. The fraction of sp³-hybridized carbons (Fsp3) is 0.385. The van der Waals surface area contributed by atoms with Gasteiger partial charge in [0, 0.05) is 12.8 Å². The Balaban J connectivity index is 2.14. The lowest BCUT2D eigenvalue weighted by Crippen LogP contribution is -2.11. The van der Waals surface area contributed by atoms with Gasteiger partial charge >= 0.3 is 0 Å². The molecule has 1 unspecified atom stereocenters. The molecule has 1 aromatic carbocycles. The minimum atomic E-state index is -0.357. The van der Waals surface area contributed by atoms with Crippen LogP contribution in [0.4, 0.5) is 0 Å². The molecular weight excluding hydrogens is 188 g/mol. The number of ether oxygens (including phenoxy) is 1. The van der Waals surface area contributed by atoms with E-state index in [-0.39, 0.29) is 6.10 Å². The first-order chi connectivity index (χ1) is 7.33. The highest BCUT2D eigenvalue weighted by molar-refractivity contribution is 5.20. The minimum Gasteiger partial charge on any atom is -0.493 e. The summed E-state index contributed by atoms with van der Waals surface area (Å²) >= 11 is 0. The summed E-state index contributed by atoms with van der Waals surface area (Å²) in [6.45, 7) is 0.524. The number of rotatable bonds is 6. The van der Waals surface area contributed by atoms with Gasteiger partial charge in [0.1, 0.15) is 5.75 Å². The van der Waals surface area contributed by atoms with Crippen LogP contribution in [0.5, 0.6) is 5.75 Å². The van der Waals surface area contributed by atoms with Gasteiger partial charge in [0.25, 0.3) is 0 Å². The van der Waals surface area contributed by atoms with E-state index in [1.807, 2.05) is 30.3 Å². The number of hydrogen-bond donors (Lipinski definition) is 1. The molecule has 0 radical (unpaired) electrons. The average molecular weight is 204 g/mol. The van der Waals surface area contributed by atoms with Gasteiger partial charge < -0.3 is 9.84 Å². The minimum absolute atomic E-state index is 0.357. The standard InChI is InChI=1S/C13H16O2/c1-2-3-7-12(14)10-11-15-13-8-5-4-6-9-13/h1,4-6,8-9,12,14H,3,7,10-11H2. The van der Waals surface area contributed by atoms with E-state index in [1.165, 1.54) is 0 Å². The van der Waals surface area contributed by atoms with Crippen LogP contribution in [0.15, 0.2) is 30.3 Å². The van der Waals surface area contributed by atoms with E-state index >= 15 is 0 Å². The van der Waals surface area contributed by atoms with Crippen molar-refractivity contribution in [1.82, 2.24) is 0 Å². The average Bonchev–Trinajstić information content (AvgIpc) is 2.28. The summed E-state index contributed by atoms with van der Waals surface area (Å²) in [7, 11) is 0. The summed E-state index contributed by atoms with van der Waals surface area (Å²) in [5, 5.41) is 9.48. The van der Waals surface area contributed by atoms with Crippen molar-refractivity contribution in [2.24, 2.45) is 0 Å². The quantitative estimate of drug-likeness (QED) is 0.720. The molecule has 80 valence electrons. The van der Waals surface area contributed by atoms with Gasteiger partial charge in [-0.3, -0.25) is 0 Å². The van der Waals surface area contributed by atoms with Crippen LogP contribution >= 0.6 is 0 Å². The van der Waals surface area contributed by atoms with Crippen molar-refractivity contribution in [1.29, 1.82) is 0 Å². The second kappa shape index (κ2) is 6.92. The molecule has 1 atom stereocenters. The summed E-state index contributed by atoms with van der Waals surface area (Å²) in [6.07, 6.45) is 6.63. The molecule has 0 aromatic heterocycles. The molecule has 0 saturated carbocycles. The molecule has 0 fully saturated rings. The van der Waals surface area contributed by atoms with E-state index in [2.05, 4.69) is 5.92 Å². The van der Waals surface area contributed by atoms with Crippen molar-refractivity contribution in [3.8, 4) is 18.1 Å². The Labute approximate surface area is 90.9 Å². The zero-order valence-corrected chi connectivity index (χ0v) is 8.73.